The lowest BCUT2D eigenvalue weighted by Crippen LogP contribution is -2.33. The maximum absolute atomic E-state index is 11.9. The van der Waals surface area contributed by atoms with E-state index >= 15 is 0 Å². The quantitative estimate of drug-likeness (QED) is 0.895. The molecule has 0 bridgehead atoms. The molecule has 0 aromatic carbocycles. The highest BCUT2D eigenvalue weighted by Gasteiger charge is 2.13. The fourth-order valence-electron chi connectivity index (χ4n) is 1.91. The van der Waals surface area contributed by atoms with Gasteiger partial charge in [-0.15, -0.1) is 0 Å². The van der Waals surface area contributed by atoms with E-state index in [1.165, 1.54) is 0 Å². The minimum atomic E-state index is -0.0630. The Bertz CT molecular complexity index is 640. The van der Waals surface area contributed by atoms with Crippen molar-refractivity contribution in [2.45, 2.75) is 26.4 Å². The number of rotatable bonds is 5. The number of carbonyl (C=O) groups is 1. The van der Waals surface area contributed by atoms with Crippen LogP contribution in [0, 0.1) is 0 Å². The molecule has 2 aromatic heterocycles. The summed E-state index contributed by atoms with van der Waals surface area (Å²) in [4.78, 5) is 20.4. The second kappa shape index (κ2) is 6.71. The van der Waals surface area contributed by atoms with E-state index in [-0.39, 0.29) is 18.5 Å². The molecule has 0 aliphatic heterocycles. The average molecular weight is 353 g/mol. The fourth-order valence-corrected chi connectivity index (χ4v) is 2.33. The van der Waals surface area contributed by atoms with Crippen molar-refractivity contribution >= 4 is 21.8 Å². The van der Waals surface area contributed by atoms with Crippen LogP contribution in [0.1, 0.15) is 13.8 Å². The van der Waals surface area contributed by atoms with Gasteiger partial charge in [-0.05, 0) is 35.8 Å². The van der Waals surface area contributed by atoms with Crippen LogP contribution in [0.5, 0.6) is 5.75 Å². The minimum Gasteiger partial charge on any atom is -0.495 e. The molecule has 0 saturated heterocycles. The molecule has 0 spiro atoms. The van der Waals surface area contributed by atoms with Crippen LogP contribution in [0.4, 0.5) is 0 Å². The Morgan fingerprint density at radius 1 is 1.48 bits per heavy atom. The van der Waals surface area contributed by atoms with Gasteiger partial charge in [0.25, 0.3) is 0 Å². The Balaban J connectivity index is 2.29. The number of imidazole rings is 1. The molecule has 1 N–H and O–H groups in total. The lowest BCUT2D eigenvalue weighted by Gasteiger charge is -2.11. The van der Waals surface area contributed by atoms with E-state index in [9.17, 15) is 4.79 Å². The SMILES string of the molecule is COc1cncc(-c2nc(Br)cn2CC(=O)NC(C)C)c1. The first-order valence-electron chi connectivity index (χ1n) is 6.51. The predicted molar refractivity (Wildman–Crippen MR) is 83.0 cm³/mol. The number of hydrogen-bond acceptors (Lipinski definition) is 4. The number of amides is 1. The van der Waals surface area contributed by atoms with E-state index in [0.717, 1.165) is 5.56 Å². The summed E-state index contributed by atoms with van der Waals surface area (Å²) in [7, 11) is 1.58. The second-order valence-electron chi connectivity index (χ2n) is 4.85. The molecule has 2 heterocycles. The highest BCUT2D eigenvalue weighted by molar-refractivity contribution is 9.10. The number of hydrogen-bond donors (Lipinski definition) is 1. The molecule has 0 fully saturated rings. The van der Waals surface area contributed by atoms with Gasteiger partial charge in [0, 0.05) is 24.0 Å². The summed E-state index contributed by atoms with van der Waals surface area (Å²) < 4.78 is 7.61. The summed E-state index contributed by atoms with van der Waals surface area (Å²) in [6.07, 6.45) is 5.08. The minimum absolute atomic E-state index is 0.0630. The van der Waals surface area contributed by atoms with Gasteiger partial charge in [-0.3, -0.25) is 9.78 Å². The molecular weight excluding hydrogens is 336 g/mol. The van der Waals surface area contributed by atoms with Gasteiger partial charge in [-0.25, -0.2) is 4.98 Å². The molecule has 0 aliphatic rings. The molecule has 0 unspecified atom stereocenters. The maximum atomic E-state index is 11.9. The number of aromatic nitrogens is 3. The van der Waals surface area contributed by atoms with Gasteiger partial charge >= 0.3 is 0 Å². The number of methoxy groups -OCH3 is 1. The Labute approximate surface area is 131 Å². The Hall–Kier alpha value is -1.89. The van der Waals surface area contributed by atoms with E-state index < -0.39 is 0 Å². The first-order chi connectivity index (χ1) is 9.99. The van der Waals surface area contributed by atoms with Crippen LogP contribution < -0.4 is 10.1 Å². The standard InChI is InChI=1S/C14H17BrN4O2/c1-9(2)17-13(20)8-19-7-12(15)18-14(19)10-4-11(21-3)6-16-5-10/h4-7,9H,8H2,1-3H3,(H,17,20). The van der Waals surface area contributed by atoms with E-state index in [4.69, 9.17) is 4.74 Å². The molecule has 6 nitrogen and oxygen atoms in total. The molecule has 0 aliphatic carbocycles. The molecule has 0 atom stereocenters. The average Bonchev–Trinajstić information content (AvgIpc) is 2.78. The summed E-state index contributed by atoms with van der Waals surface area (Å²) in [5.74, 6) is 1.24. The van der Waals surface area contributed by atoms with E-state index in [0.29, 0.717) is 16.2 Å². The van der Waals surface area contributed by atoms with Crippen molar-refractivity contribution in [3.05, 3.63) is 29.3 Å². The molecule has 0 radical (unpaired) electrons. The van der Waals surface area contributed by atoms with Crippen LogP contribution in [0.2, 0.25) is 0 Å². The van der Waals surface area contributed by atoms with Crippen LogP contribution >= 0.6 is 15.9 Å². The number of pyridine rings is 1. The maximum Gasteiger partial charge on any atom is 0.240 e. The zero-order valence-electron chi connectivity index (χ0n) is 12.1. The van der Waals surface area contributed by atoms with Gasteiger partial charge in [-0.1, -0.05) is 0 Å². The summed E-state index contributed by atoms with van der Waals surface area (Å²) in [5, 5.41) is 2.86. The fraction of sp³-hybridized carbons (Fsp3) is 0.357. The van der Waals surface area contributed by atoms with Crippen LogP contribution in [0.15, 0.2) is 29.3 Å². The van der Waals surface area contributed by atoms with Crippen molar-refractivity contribution in [2.24, 2.45) is 0 Å². The molecular formula is C14H17BrN4O2. The third-order valence-electron chi connectivity index (χ3n) is 2.72. The molecule has 2 rings (SSSR count). The Kier molecular flexibility index (Phi) is 4.95. The second-order valence-corrected chi connectivity index (χ2v) is 5.66. The van der Waals surface area contributed by atoms with Crippen molar-refractivity contribution < 1.29 is 9.53 Å². The third kappa shape index (κ3) is 4.04. The van der Waals surface area contributed by atoms with Crippen LogP contribution in [0.25, 0.3) is 11.4 Å². The Morgan fingerprint density at radius 2 is 2.24 bits per heavy atom. The molecule has 7 heteroatoms. The van der Waals surface area contributed by atoms with Gasteiger partial charge in [0.2, 0.25) is 5.91 Å². The van der Waals surface area contributed by atoms with Gasteiger partial charge in [-0.2, -0.15) is 0 Å². The number of ether oxygens (including phenoxy) is 1. The lowest BCUT2D eigenvalue weighted by molar-refractivity contribution is -0.122. The highest BCUT2D eigenvalue weighted by Crippen LogP contribution is 2.23. The number of halogens is 1. The third-order valence-corrected chi connectivity index (χ3v) is 3.10. The lowest BCUT2D eigenvalue weighted by atomic mass is 10.2. The molecule has 21 heavy (non-hydrogen) atoms. The summed E-state index contributed by atoms with van der Waals surface area (Å²) >= 11 is 3.34. The van der Waals surface area contributed by atoms with Gasteiger partial charge in [0.15, 0.2) is 0 Å². The van der Waals surface area contributed by atoms with Gasteiger partial charge in [0.1, 0.15) is 22.7 Å². The first-order valence-corrected chi connectivity index (χ1v) is 7.30. The van der Waals surface area contributed by atoms with Crippen molar-refractivity contribution in [1.82, 2.24) is 19.9 Å². The van der Waals surface area contributed by atoms with Crippen molar-refractivity contribution in [1.29, 1.82) is 0 Å². The van der Waals surface area contributed by atoms with E-state index in [2.05, 4.69) is 31.2 Å². The van der Waals surface area contributed by atoms with E-state index in [1.54, 1.807) is 30.3 Å². The number of nitrogens with zero attached hydrogens (tertiary/aromatic N) is 3. The normalized spacial score (nSPS) is 10.7. The van der Waals surface area contributed by atoms with Crippen LogP contribution in [-0.2, 0) is 11.3 Å². The van der Waals surface area contributed by atoms with Crippen LogP contribution in [0.3, 0.4) is 0 Å². The Morgan fingerprint density at radius 3 is 2.90 bits per heavy atom. The predicted octanol–water partition coefficient (Wildman–Crippen LogP) is 2.24. The zero-order valence-corrected chi connectivity index (χ0v) is 13.7. The number of nitrogens with one attached hydrogen (secondary N) is 1. The summed E-state index contributed by atoms with van der Waals surface area (Å²) in [5.41, 5.74) is 0.789. The summed E-state index contributed by atoms with van der Waals surface area (Å²) in [6.45, 7) is 4.05. The zero-order chi connectivity index (χ0) is 15.4. The van der Waals surface area contributed by atoms with E-state index in [1.807, 2.05) is 19.9 Å². The number of carbonyl (C=O) groups excluding carboxylic acids is 1. The van der Waals surface area contributed by atoms with Crippen molar-refractivity contribution in [2.75, 3.05) is 7.11 Å². The molecule has 0 saturated carbocycles. The topological polar surface area (TPSA) is 69.0 Å². The first kappa shape index (κ1) is 15.5. The monoisotopic (exact) mass is 352 g/mol. The highest BCUT2D eigenvalue weighted by atomic mass is 79.9. The largest absolute Gasteiger partial charge is 0.495 e. The van der Waals surface area contributed by atoms with Crippen molar-refractivity contribution in [3.8, 4) is 17.1 Å². The van der Waals surface area contributed by atoms with Gasteiger partial charge < -0.3 is 14.6 Å². The smallest absolute Gasteiger partial charge is 0.240 e. The molecule has 2 aromatic rings. The van der Waals surface area contributed by atoms with Gasteiger partial charge in [0.05, 0.1) is 13.3 Å². The van der Waals surface area contributed by atoms with Crippen molar-refractivity contribution in [3.63, 3.8) is 0 Å². The molecule has 1 amide bonds. The van der Waals surface area contributed by atoms with Crippen LogP contribution in [-0.4, -0.2) is 33.6 Å². The molecule has 112 valence electrons. The summed E-state index contributed by atoms with van der Waals surface area (Å²) in [6, 6.07) is 1.94.